The number of hydrogen-bond acceptors (Lipinski definition) is 3. The summed E-state index contributed by atoms with van der Waals surface area (Å²) >= 11 is 0. The molecule has 0 amide bonds. The Hall–Kier alpha value is -0.870. The Bertz CT molecular complexity index is 220. The molecule has 1 atom stereocenters. The number of rotatable bonds is 5. The fourth-order valence-electron chi connectivity index (χ4n) is 1.75. The summed E-state index contributed by atoms with van der Waals surface area (Å²) in [5, 5.41) is 8.33. The van der Waals surface area contributed by atoms with Crippen LogP contribution < -0.4 is 11.5 Å². The summed E-state index contributed by atoms with van der Waals surface area (Å²) in [5.74, 6) is -0.933. The van der Waals surface area contributed by atoms with Gasteiger partial charge < -0.3 is 16.6 Å². The minimum atomic E-state index is -0.933. The predicted molar refractivity (Wildman–Crippen MR) is 75.4 cm³/mol. The van der Waals surface area contributed by atoms with Crippen molar-refractivity contribution in [3.63, 3.8) is 0 Å². The maximum atomic E-state index is 10.1. The van der Waals surface area contributed by atoms with Crippen LogP contribution in [0.3, 0.4) is 0 Å². The summed E-state index contributed by atoms with van der Waals surface area (Å²) in [4.78, 5) is 10.1. The Morgan fingerprint density at radius 2 is 1.67 bits per heavy atom. The summed E-state index contributed by atoms with van der Waals surface area (Å²) < 4.78 is 0. The van der Waals surface area contributed by atoms with Gasteiger partial charge in [-0.1, -0.05) is 31.4 Å². The molecule has 0 saturated heterocycles. The minimum Gasteiger partial charge on any atom is -0.480 e. The van der Waals surface area contributed by atoms with E-state index in [0.29, 0.717) is 13.0 Å². The van der Waals surface area contributed by atoms with Crippen LogP contribution in [0.5, 0.6) is 0 Å². The summed E-state index contributed by atoms with van der Waals surface area (Å²) in [6, 6.07) is -0.716. The summed E-state index contributed by atoms with van der Waals surface area (Å²) in [5.41, 5.74) is 10.4. The third-order valence-electron chi connectivity index (χ3n) is 2.94. The first kappa shape index (κ1) is 17.1. The van der Waals surface area contributed by atoms with Gasteiger partial charge in [-0.15, -0.1) is 0 Å². The SMILES string of the molecule is C1=C\CCCCCC/1.NCCCC[C@H](N)C(=O)O. The van der Waals surface area contributed by atoms with E-state index in [4.69, 9.17) is 16.6 Å². The molecule has 0 aromatic carbocycles. The van der Waals surface area contributed by atoms with Gasteiger partial charge >= 0.3 is 5.97 Å². The van der Waals surface area contributed by atoms with Gasteiger partial charge in [-0.3, -0.25) is 4.79 Å². The van der Waals surface area contributed by atoms with Crippen LogP contribution in [0.4, 0.5) is 0 Å². The maximum absolute atomic E-state index is 10.1. The molecule has 5 N–H and O–H groups in total. The summed E-state index contributed by atoms with van der Waals surface area (Å²) in [7, 11) is 0. The number of allylic oxidation sites excluding steroid dienone is 2. The van der Waals surface area contributed by atoms with Gasteiger partial charge in [0.25, 0.3) is 0 Å². The lowest BCUT2D eigenvalue weighted by atomic mass is 10.1. The first-order valence-corrected chi connectivity index (χ1v) is 7.02. The van der Waals surface area contributed by atoms with Gasteiger partial charge in [-0.25, -0.2) is 0 Å². The van der Waals surface area contributed by atoms with Gasteiger partial charge in [-0.05, 0) is 45.1 Å². The van der Waals surface area contributed by atoms with Crippen LogP contribution in [0.15, 0.2) is 12.2 Å². The molecule has 4 nitrogen and oxygen atoms in total. The molecule has 0 aromatic rings. The largest absolute Gasteiger partial charge is 0.480 e. The van der Waals surface area contributed by atoms with Crippen molar-refractivity contribution in [1.29, 1.82) is 0 Å². The molecule has 0 unspecified atom stereocenters. The Morgan fingerprint density at radius 3 is 2.11 bits per heavy atom. The highest BCUT2D eigenvalue weighted by Gasteiger charge is 2.09. The van der Waals surface area contributed by atoms with Crippen molar-refractivity contribution < 1.29 is 9.90 Å². The number of carbonyl (C=O) groups is 1. The highest BCUT2D eigenvalue weighted by atomic mass is 16.4. The van der Waals surface area contributed by atoms with Crippen molar-refractivity contribution in [1.82, 2.24) is 0 Å². The smallest absolute Gasteiger partial charge is 0.320 e. The van der Waals surface area contributed by atoms with Gasteiger partial charge in [-0.2, -0.15) is 0 Å². The number of hydrogen-bond donors (Lipinski definition) is 3. The molecule has 0 fully saturated rings. The van der Waals surface area contributed by atoms with Crippen molar-refractivity contribution >= 4 is 5.97 Å². The van der Waals surface area contributed by atoms with Gasteiger partial charge in [0.2, 0.25) is 0 Å². The highest BCUT2D eigenvalue weighted by molar-refractivity contribution is 5.72. The van der Waals surface area contributed by atoms with E-state index in [1.165, 1.54) is 38.5 Å². The van der Waals surface area contributed by atoms with E-state index in [-0.39, 0.29) is 0 Å². The molecule has 0 heterocycles. The number of carboxylic acids is 1. The van der Waals surface area contributed by atoms with Crippen molar-refractivity contribution in [2.45, 2.75) is 63.8 Å². The second-order valence-electron chi connectivity index (χ2n) is 4.69. The van der Waals surface area contributed by atoms with Crippen LogP contribution in [0.2, 0.25) is 0 Å². The minimum absolute atomic E-state index is 0.520. The Labute approximate surface area is 110 Å². The second kappa shape index (κ2) is 12.6. The number of unbranched alkanes of at least 4 members (excludes halogenated alkanes) is 1. The lowest BCUT2D eigenvalue weighted by Crippen LogP contribution is -2.29. The van der Waals surface area contributed by atoms with Gasteiger partial charge in [0.05, 0.1) is 0 Å². The van der Waals surface area contributed by atoms with E-state index in [2.05, 4.69) is 12.2 Å². The molecule has 0 aliphatic heterocycles. The quantitative estimate of drug-likeness (QED) is 0.520. The van der Waals surface area contributed by atoms with E-state index < -0.39 is 12.0 Å². The number of carboxylic acid groups (broad SMARTS) is 1. The molecule has 0 saturated carbocycles. The maximum Gasteiger partial charge on any atom is 0.320 e. The average molecular weight is 256 g/mol. The molecule has 4 heteroatoms. The molecule has 0 spiro atoms. The molecule has 0 bridgehead atoms. The molecule has 0 radical (unpaired) electrons. The zero-order chi connectivity index (χ0) is 13.6. The standard InChI is InChI=1S/C8H14.C6H14N2O2/c1-2-4-6-8-7-5-3-1;7-4-2-1-3-5(8)6(9)10/h1-2H,3-8H2;5H,1-4,7-8H2,(H,9,10)/b2-1-;/t;5-/m.0/s1. The summed E-state index contributed by atoms with van der Waals surface area (Å²) in [6.45, 7) is 0.604. The van der Waals surface area contributed by atoms with E-state index in [0.717, 1.165) is 12.8 Å². The topological polar surface area (TPSA) is 89.3 Å². The molecule has 106 valence electrons. The normalized spacial score (nSPS) is 18.8. The fraction of sp³-hybridized carbons (Fsp3) is 0.786. The molecule has 1 rings (SSSR count). The monoisotopic (exact) mass is 256 g/mol. The predicted octanol–water partition coefficient (Wildman–Crippen LogP) is 2.42. The van der Waals surface area contributed by atoms with Crippen molar-refractivity contribution in [3.05, 3.63) is 12.2 Å². The van der Waals surface area contributed by atoms with Crippen LogP contribution in [0, 0.1) is 0 Å². The third-order valence-corrected chi connectivity index (χ3v) is 2.94. The van der Waals surface area contributed by atoms with E-state index >= 15 is 0 Å². The number of aliphatic carboxylic acids is 1. The van der Waals surface area contributed by atoms with Crippen molar-refractivity contribution in [2.75, 3.05) is 6.54 Å². The van der Waals surface area contributed by atoms with E-state index in [1.54, 1.807) is 0 Å². The number of nitrogens with two attached hydrogens (primary N) is 2. The van der Waals surface area contributed by atoms with Gasteiger partial charge in [0.15, 0.2) is 0 Å². The Balaban J connectivity index is 0.000000327. The van der Waals surface area contributed by atoms with Crippen LogP contribution in [0.1, 0.15) is 57.8 Å². The molecule has 1 aliphatic carbocycles. The molecular formula is C14H28N2O2. The lowest BCUT2D eigenvalue weighted by Gasteiger charge is -2.03. The molecule has 18 heavy (non-hydrogen) atoms. The van der Waals surface area contributed by atoms with Crippen molar-refractivity contribution in [2.24, 2.45) is 11.5 Å². The lowest BCUT2D eigenvalue weighted by molar-refractivity contribution is -0.138. The first-order valence-electron chi connectivity index (χ1n) is 7.02. The zero-order valence-electron chi connectivity index (χ0n) is 11.3. The molecule has 1 aliphatic rings. The third kappa shape index (κ3) is 11.6. The van der Waals surface area contributed by atoms with Gasteiger partial charge in [0, 0.05) is 0 Å². The van der Waals surface area contributed by atoms with E-state index in [9.17, 15) is 4.79 Å². The van der Waals surface area contributed by atoms with E-state index in [1.807, 2.05) is 0 Å². The van der Waals surface area contributed by atoms with Gasteiger partial charge in [0.1, 0.15) is 6.04 Å². The van der Waals surface area contributed by atoms with Crippen LogP contribution >= 0.6 is 0 Å². The van der Waals surface area contributed by atoms with Crippen LogP contribution in [-0.2, 0) is 4.79 Å². The first-order chi connectivity index (χ1) is 8.68. The summed E-state index contributed by atoms with van der Waals surface area (Å²) in [6.07, 6.45) is 15.2. The molecule has 0 aromatic heterocycles. The second-order valence-corrected chi connectivity index (χ2v) is 4.69. The highest BCUT2D eigenvalue weighted by Crippen LogP contribution is 2.09. The Morgan fingerprint density at radius 1 is 1.11 bits per heavy atom. The van der Waals surface area contributed by atoms with Crippen molar-refractivity contribution in [3.8, 4) is 0 Å². The Kier molecular flexibility index (Phi) is 12.0. The fourth-order valence-corrected chi connectivity index (χ4v) is 1.75. The average Bonchev–Trinajstić information content (AvgIpc) is 2.29. The van der Waals surface area contributed by atoms with Crippen LogP contribution in [-0.4, -0.2) is 23.7 Å². The zero-order valence-corrected chi connectivity index (χ0v) is 11.3. The van der Waals surface area contributed by atoms with Crippen LogP contribution in [0.25, 0.3) is 0 Å². The molecular weight excluding hydrogens is 228 g/mol.